The third kappa shape index (κ3) is 12.0. The number of aromatic nitrogens is 2. The monoisotopic (exact) mass is 975 g/mol. The third-order valence-electron chi connectivity index (χ3n) is 14.2. The first kappa shape index (κ1) is 52.7. The van der Waals surface area contributed by atoms with E-state index in [4.69, 9.17) is 14.5 Å². The number of cyclic esters (lactones) is 1. The van der Waals surface area contributed by atoms with Crippen molar-refractivity contribution in [3.05, 3.63) is 83.7 Å². The van der Waals surface area contributed by atoms with Crippen LogP contribution in [-0.4, -0.2) is 143 Å². The number of hydrogen-bond donors (Lipinski definition) is 3. The topological polar surface area (TPSA) is 179 Å². The van der Waals surface area contributed by atoms with E-state index in [-0.39, 0.29) is 55.1 Å². The maximum atomic E-state index is 14.8. The highest BCUT2D eigenvalue weighted by Crippen LogP contribution is 2.42. The molecule has 3 N–H and O–H groups in total. The SMILES string of the molecule is CCn1c(-c2cccnc2[C@H](C)OC)c2c3cc(ccc31)-c1cc(O)cc(c1)C[C@H](NC(=O)C(C(C)C)N(C)C(=O)C1CCN(C(=O)/C=C/CN(C)C)CC1)C(=O)N1CCC[C@H](N1)C(=O)OCC(C)(C)C2. The van der Waals surface area contributed by atoms with Crippen LogP contribution in [0.25, 0.3) is 33.3 Å². The highest BCUT2D eigenvalue weighted by Gasteiger charge is 2.39. The van der Waals surface area contributed by atoms with E-state index >= 15 is 0 Å². The molecule has 2 saturated heterocycles. The molecule has 1 unspecified atom stereocenters. The van der Waals surface area contributed by atoms with E-state index in [1.54, 1.807) is 43.5 Å². The fourth-order valence-electron chi connectivity index (χ4n) is 10.5. The number of piperidine rings is 1. The molecule has 3 aliphatic heterocycles. The van der Waals surface area contributed by atoms with Crippen LogP contribution in [0.1, 0.15) is 90.2 Å². The van der Waals surface area contributed by atoms with E-state index in [2.05, 4.69) is 54.3 Å². The maximum absolute atomic E-state index is 14.8. The van der Waals surface area contributed by atoms with Crippen LogP contribution in [0.3, 0.4) is 0 Å². The average Bonchev–Trinajstić information content (AvgIpc) is 3.65. The number of methoxy groups -OCH3 is 1. The zero-order valence-electron chi connectivity index (χ0n) is 43.3. The minimum Gasteiger partial charge on any atom is -0.508 e. The Morgan fingerprint density at radius 3 is 2.45 bits per heavy atom. The molecule has 0 spiro atoms. The minimum atomic E-state index is -1.16. The Bertz CT molecular complexity index is 2630. The number of aromatic hydroxyl groups is 1. The molecule has 16 heteroatoms. The number of rotatable bonds is 12. The van der Waals surface area contributed by atoms with E-state index in [1.807, 2.05) is 64.0 Å². The fourth-order valence-corrected chi connectivity index (χ4v) is 10.5. The predicted octanol–water partition coefficient (Wildman–Crippen LogP) is 6.29. The van der Waals surface area contributed by atoms with Crippen LogP contribution < -0.4 is 10.7 Å². The van der Waals surface area contributed by atoms with Gasteiger partial charge in [0.1, 0.15) is 23.9 Å². The van der Waals surface area contributed by atoms with E-state index in [0.29, 0.717) is 63.8 Å². The second-order valence-corrected chi connectivity index (χ2v) is 20.9. The Labute approximate surface area is 418 Å². The molecule has 6 bridgehead atoms. The van der Waals surface area contributed by atoms with Gasteiger partial charge in [0.15, 0.2) is 0 Å². The van der Waals surface area contributed by atoms with Crippen LogP contribution in [0.4, 0.5) is 0 Å². The second-order valence-electron chi connectivity index (χ2n) is 20.9. The molecule has 2 aromatic carbocycles. The molecule has 4 aromatic rings. The van der Waals surface area contributed by atoms with Gasteiger partial charge in [-0.15, -0.1) is 0 Å². The lowest BCUT2D eigenvalue weighted by molar-refractivity contribution is -0.155. The first-order valence-electron chi connectivity index (χ1n) is 25.2. The Balaban J connectivity index is 1.24. The number of fused-ring (bicyclic) bond motifs is 6. The predicted molar refractivity (Wildman–Crippen MR) is 274 cm³/mol. The number of esters is 1. The van der Waals surface area contributed by atoms with Crippen molar-refractivity contribution in [1.82, 2.24) is 40.0 Å². The van der Waals surface area contributed by atoms with Crippen molar-refractivity contribution in [2.45, 2.75) is 111 Å². The van der Waals surface area contributed by atoms with Gasteiger partial charge < -0.3 is 39.2 Å². The number of pyridine rings is 1. The smallest absolute Gasteiger partial charge is 0.324 e. The van der Waals surface area contributed by atoms with Crippen molar-refractivity contribution in [1.29, 1.82) is 0 Å². The molecular weight excluding hydrogens is 901 g/mol. The summed E-state index contributed by atoms with van der Waals surface area (Å²) in [5.41, 5.74) is 9.58. The molecule has 7 rings (SSSR count). The summed E-state index contributed by atoms with van der Waals surface area (Å²) < 4.78 is 14.2. The number of carbonyl (C=O) groups excluding carboxylic acids is 5. The molecular formula is C55H74N8O8. The van der Waals surface area contributed by atoms with Crippen molar-refractivity contribution >= 4 is 40.5 Å². The summed E-state index contributed by atoms with van der Waals surface area (Å²) in [5.74, 6) is -2.46. The lowest BCUT2D eigenvalue weighted by Gasteiger charge is -2.38. The molecule has 16 nitrogen and oxygen atoms in total. The summed E-state index contributed by atoms with van der Waals surface area (Å²) in [5, 5.41) is 16.8. The summed E-state index contributed by atoms with van der Waals surface area (Å²) >= 11 is 0. The Morgan fingerprint density at radius 1 is 1.01 bits per heavy atom. The van der Waals surface area contributed by atoms with Crippen molar-refractivity contribution in [3.8, 4) is 28.1 Å². The Morgan fingerprint density at radius 2 is 1.76 bits per heavy atom. The second kappa shape index (κ2) is 22.5. The molecule has 71 heavy (non-hydrogen) atoms. The number of likely N-dealkylation sites (tertiary alicyclic amines) is 1. The van der Waals surface area contributed by atoms with Gasteiger partial charge in [-0.2, -0.15) is 0 Å². The van der Waals surface area contributed by atoms with Gasteiger partial charge in [-0.05, 0) is 125 Å². The largest absolute Gasteiger partial charge is 0.508 e. The summed E-state index contributed by atoms with van der Waals surface area (Å²) in [4.78, 5) is 80.5. The number of ether oxygens (including phenoxy) is 2. The van der Waals surface area contributed by atoms with E-state index in [9.17, 15) is 29.1 Å². The van der Waals surface area contributed by atoms with Crippen LogP contribution in [0, 0.1) is 17.3 Å². The minimum absolute atomic E-state index is 0.00324. The average molecular weight is 975 g/mol. The Kier molecular flexibility index (Phi) is 16.7. The number of amides is 4. The first-order valence-corrected chi connectivity index (χ1v) is 25.2. The lowest BCUT2D eigenvalue weighted by Crippen LogP contribution is -2.62. The highest BCUT2D eigenvalue weighted by atomic mass is 16.5. The number of hydrogen-bond acceptors (Lipinski definition) is 11. The van der Waals surface area contributed by atoms with Crippen LogP contribution in [0.5, 0.6) is 5.75 Å². The van der Waals surface area contributed by atoms with E-state index in [1.165, 1.54) is 9.91 Å². The van der Waals surface area contributed by atoms with Gasteiger partial charge in [0, 0.05) is 93.4 Å². The van der Waals surface area contributed by atoms with Crippen molar-refractivity contribution in [3.63, 3.8) is 0 Å². The molecule has 2 aromatic heterocycles. The molecule has 3 aliphatic rings. The van der Waals surface area contributed by atoms with Crippen LogP contribution >= 0.6 is 0 Å². The molecule has 5 heterocycles. The lowest BCUT2D eigenvalue weighted by atomic mass is 9.84. The van der Waals surface area contributed by atoms with Crippen molar-refractivity contribution in [2.24, 2.45) is 17.3 Å². The molecule has 4 atom stereocenters. The highest BCUT2D eigenvalue weighted by molar-refractivity contribution is 5.96. The number of phenols is 1. The Hall–Kier alpha value is -6.10. The standard InChI is InChI=1S/C55H74N8O8/c1-11-62-46-19-18-38-31-42(46)43(50(62)41-15-12-22-56-48(41)35(4)70-10)32-55(5,6)33-71-54(69)44-16-13-24-63(58-44)53(68)45(29-36-27-39(38)30-40(64)28-36)57-51(66)49(34(2)3)60(9)52(67)37-20-25-61(26-21-37)47(65)17-14-23-59(7)8/h12,14-15,17-19,22,27-28,30-31,34-35,37,44-45,49,58,64H,11,13,16,20-21,23-26,29,32-33H2,1-10H3,(H,57,66)/b17-14+/t35-,44-,45-,49?/m0/s1. The summed E-state index contributed by atoms with van der Waals surface area (Å²) in [7, 11) is 7.16. The van der Waals surface area contributed by atoms with Crippen LogP contribution in [0.15, 0.2) is 66.9 Å². The van der Waals surface area contributed by atoms with Gasteiger partial charge in [0.05, 0.1) is 24.1 Å². The molecule has 0 saturated carbocycles. The number of nitrogens with one attached hydrogen (secondary N) is 2. The normalized spacial score (nSPS) is 20.0. The van der Waals surface area contributed by atoms with Gasteiger partial charge in [0.2, 0.25) is 17.7 Å². The first-order chi connectivity index (χ1) is 33.8. The zero-order chi connectivity index (χ0) is 51.3. The summed E-state index contributed by atoms with van der Waals surface area (Å²) in [6.45, 7) is 14.5. The molecule has 0 aliphatic carbocycles. The quantitative estimate of drug-likeness (QED) is 0.107. The van der Waals surface area contributed by atoms with Crippen molar-refractivity contribution in [2.75, 3.05) is 61.0 Å². The number of likely N-dealkylation sites (N-methyl/N-ethyl adjacent to an activating group) is 2. The van der Waals surface area contributed by atoms with Gasteiger partial charge >= 0.3 is 5.97 Å². The number of aryl methyl sites for hydroxylation is 1. The van der Waals surface area contributed by atoms with Crippen LogP contribution in [0.2, 0.25) is 0 Å². The maximum Gasteiger partial charge on any atom is 0.324 e. The molecule has 382 valence electrons. The zero-order valence-corrected chi connectivity index (χ0v) is 43.3. The van der Waals surface area contributed by atoms with Crippen LogP contribution in [-0.2, 0) is 52.8 Å². The van der Waals surface area contributed by atoms with Gasteiger partial charge in [-0.25, -0.2) is 5.43 Å². The number of phenolic OH excluding ortho intramolecular Hbond substituents is 1. The van der Waals surface area contributed by atoms with E-state index in [0.717, 1.165) is 44.5 Å². The number of benzene rings is 2. The molecule has 0 radical (unpaired) electrons. The summed E-state index contributed by atoms with van der Waals surface area (Å²) in [6.07, 6.45) is 7.31. The fraction of sp³-hybridized carbons (Fsp3) is 0.527. The van der Waals surface area contributed by atoms with E-state index < -0.39 is 41.3 Å². The van der Waals surface area contributed by atoms with Crippen molar-refractivity contribution < 1.29 is 38.6 Å². The van der Waals surface area contributed by atoms with Gasteiger partial charge in [-0.1, -0.05) is 45.9 Å². The van der Waals surface area contributed by atoms with Gasteiger partial charge in [-0.3, -0.25) is 34.0 Å². The number of nitrogens with zero attached hydrogens (tertiary/aromatic N) is 6. The van der Waals surface area contributed by atoms with Gasteiger partial charge in [0.25, 0.3) is 5.91 Å². The number of carbonyl (C=O) groups is 5. The molecule has 4 amide bonds. The third-order valence-corrected chi connectivity index (χ3v) is 14.2. The number of hydrazine groups is 1. The summed E-state index contributed by atoms with van der Waals surface area (Å²) in [6, 6.07) is 12.6. The molecule has 2 fully saturated rings.